The SMILES string of the molecule is COC(=O)c1cc(-c2ccc([C@]34C[C@H]3CN(C3CCOCC3)C4)cc2)cnc1N. The Hall–Kier alpha value is -2.44. The molecule has 0 bridgehead atoms. The molecule has 6 nitrogen and oxygen atoms in total. The fourth-order valence-electron chi connectivity index (χ4n) is 5.20. The van der Waals surface area contributed by atoms with Crippen molar-refractivity contribution in [3.8, 4) is 11.1 Å². The first-order valence-corrected chi connectivity index (χ1v) is 10.4. The molecular weight excluding hydrogens is 366 g/mol. The molecule has 0 radical (unpaired) electrons. The number of aromatic nitrogens is 1. The molecule has 29 heavy (non-hydrogen) atoms. The lowest BCUT2D eigenvalue weighted by Crippen LogP contribution is -2.40. The van der Waals surface area contributed by atoms with Crippen molar-refractivity contribution in [1.82, 2.24) is 9.88 Å². The van der Waals surface area contributed by atoms with Crippen LogP contribution in [0.25, 0.3) is 11.1 Å². The number of pyridine rings is 1. The molecule has 6 heteroatoms. The zero-order chi connectivity index (χ0) is 20.0. The van der Waals surface area contributed by atoms with Crippen molar-refractivity contribution in [1.29, 1.82) is 0 Å². The van der Waals surface area contributed by atoms with E-state index in [0.29, 0.717) is 17.0 Å². The number of fused-ring (bicyclic) bond motifs is 1. The van der Waals surface area contributed by atoms with Gasteiger partial charge in [0, 0.05) is 49.5 Å². The predicted molar refractivity (Wildman–Crippen MR) is 111 cm³/mol. The first-order chi connectivity index (χ1) is 14.1. The highest BCUT2D eigenvalue weighted by Crippen LogP contribution is 2.59. The van der Waals surface area contributed by atoms with E-state index >= 15 is 0 Å². The van der Waals surface area contributed by atoms with Gasteiger partial charge in [0.05, 0.1) is 7.11 Å². The maximum Gasteiger partial charge on any atom is 0.341 e. The third-order valence-electron chi connectivity index (χ3n) is 7.00. The maximum atomic E-state index is 11.9. The van der Waals surface area contributed by atoms with Crippen LogP contribution in [0.3, 0.4) is 0 Å². The van der Waals surface area contributed by atoms with Crippen LogP contribution >= 0.6 is 0 Å². The normalized spacial score (nSPS) is 26.9. The average Bonchev–Trinajstić information content (AvgIpc) is 3.35. The molecule has 2 aromatic rings. The van der Waals surface area contributed by atoms with E-state index in [1.807, 2.05) is 0 Å². The number of esters is 1. The van der Waals surface area contributed by atoms with Gasteiger partial charge in [0.25, 0.3) is 0 Å². The number of likely N-dealkylation sites (tertiary alicyclic amines) is 1. The van der Waals surface area contributed by atoms with Crippen molar-refractivity contribution in [2.24, 2.45) is 5.92 Å². The van der Waals surface area contributed by atoms with Crippen LogP contribution in [0.15, 0.2) is 36.5 Å². The number of methoxy groups -OCH3 is 1. The van der Waals surface area contributed by atoms with Gasteiger partial charge in [-0.15, -0.1) is 0 Å². The molecule has 0 unspecified atom stereocenters. The lowest BCUT2D eigenvalue weighted by atomic mass is 9.92. The Morgan fingerprint density at radius 1 is 1.24 bits per heavy atom. The third kappa shape index (κ3) is 3.20. The van der Waals surface area contributed by atoms with Crippen molar-refractivity contribution in [2.45, 2.75) is 30.7 Å². The molecule has 1 saturated carbocycles. The van der Waals surface area contributed by atoms with Crippen LogP contribution in [0.4, 0.5) is 5.82 Å². The van der Waals surface area contributed by atoms with E-state index in [4.69, 9.17) is 15.2 Å². The number of nitrogens with two attached hydrogens (primary N) is 1. The summed E-state index contributed by atoms with van der Waals surface area (Å²) < 4.78 is 10.3. The number of benzene rings is 1. The summed E-state index contributed by atoms with van der Waals surface area (Å²) in [6.45, 7) is 4.18. The highest BCUT2D eigenvalue weighted by Gasteiger charge is 2.61. The van der Waals surface area contributed by atoms with E-state index in [1.54, 1.807) is 12.3 Å². The fraction of sp³-hybridized carbons (Fsp3) is 0.478. The van der Waals surface area contributed by atoms with Gasteiger partial charge in [-0.1, -0.05) is 24.3 Å². The molecule has 5 rings (SSSR count). The monoisotopic (exact) mass is 393 g/mol. The van der Waals surface area contributed by atoms with Crippen LogP contribution in [0.5, 0.6) is 0 Å². The van der Waals surface area contributed by atoms with Crippen molar-refractivity contribution in [2.75, 3.05) is 39.1 Å². The number of hydrogen-bond acceptors (Lipinski definition) is 6. The summed E-state index contributed by atoms with van der Waals surface area (Å²) in [5.74, 6) is 0.503. The van der Waals surface area contributed by atoms with Crippen LogP contribution in [0, 0.1) is 5.92 Å². The minimum Gasteiger partial charge on any atom is -0.465 e. The maximum absolute atomic E-state index is 11.9. The number of carbonyl (C=O) groups excluding carboxylic acids is 1. The number of anilines is 1. The van der Waals surface area contributed by atoms with E-state index in [9.17, 15) is 4.79 Å². The largest absolute Gasteiger partial charge is 0.465 e. The van der Waals surface area contributed by atoms with Gasteiger partial charge < -0.3 is 15.2 Å². The quantitative estimate of drug-likeness (QED) is 0.805. The number of ether oxygens (including phenoxy) is 2. The Labute approximate surface area is 171 Å². The molecule has 152 valence electrons. The zero-order valence-corrected chi connectivity index (χ0v) is 16.8. The highest BCUT2D eigenvalue weighted by molar-refractivity contribution is 5.95. The van der Waals surface area contributed by atoms with Gasteiger partial charge in [0.1, 0.15) is 11.4 Å². The van der Waals surface area contributed by atoms with Gasteiger partial charge in [0.15, 0.2) is 0 Å². The van der Waals surface area contributed by atoms with Crippen LogP contribution < -0.4 is 5.73 Å². The van der Waals surface area contributed by atoms with Crippen molar-refractivity contribution in [3.05, 3.63) is 47.7 Å². The van der Waals surface area contributed by atoms with Gasteiger partial charge in [-0.2, -0.15) is 0 Å². The second-order valence-electron chi connectivity index (χ2n) is 8.56. The second kappa shape index (κ2) is 7.11. The van der Waals surface area contributed by atoms with Gasteiger partial charge in [0.2, 0.25) is 0 Å². The Morgan fingerprint density at radius 3 is 2.72 bits per heavy atom. The predicted octanol–water partition coefficient (Wildman–Crippen LogP) is 2.87. The molecule has 1 aromatic carbocycles. The number of hydrogen-bond donors (Lipinski definition) is 1. The molecule has 2 atom stereocenters. The molecule has 3 fully saturated rings. The summed E-state index contributed by atoms with van der Waals surface area (Å²) in [4.78, 5) is 18.8. The van der Waals surface area contributed by atoms with Crippen LogP contribution in [-0.4, -0.2) is 55.3 Å². The number of rotatable bonds is 4. The highest BCUT2D eigenvalue weighted by atomic mass is 16.5. The van der Waals surface area contributed by atoms with E-state index in [2.05, 4.69) is 34.1 Å². The molecule has 2 N–H and O–H groups in total. The summed E-state index contributed by atoms with van der Waals surface area (Å²) in [5.41, 5.74) is 9.78. The van der Waals surface area contributed by atoms with Crippen molar-refractivity contribution >= 4 is 11.8 Å². The summed E-state index contributed by atoms with van der Waals surface area (Å²) in [6.07, 6.45) is 5.32. The standard InChI is InChI=1S/C23H27N3O3/c1-28-22(27)20-10-16(12-25-21(20)24)15-2-4-17(5-3-15)23-11-18(23)13-26(14-23)19-6-8-29-9-7-19/h2-5,10,12,18-19H,6-9,11,13-14H2,1H3,(H2,24,25)/t18-,23+/m0/s1. The average molecular weight is 393 g/mol. The molecule has 3 heterocycles. The topological polar surface area (TPSA) is 77.7 Å². The lowest BCUT2D eigenvalue weighted by molar-refractivity contribution is 0.0378. The Kier molecular flexibility index (Phi) is 4.56. The molecule has 2 saturated heterocycles. The van der Waals surface area contributed by atoms with E-state index in [1.165, 1.54) is 25.6 Å². The second-order valence-corrected chi connectivity index (χ2v) is 8.56. The summed E-state index contributed by atoms with van der Waals surface area (Å²) in [7, 11) is 1.35. The fourth-order valence-corrected chi connectivity index (χ4v) is 5.20. The van der Waals surface area contributed by atoms with Crippen LogP contribution in [0.1, 0.15) is 35.2 Å². The van der Waals surface area contributed by atoms with Crippen molar-refractivity contribution < 1.29 is 14.3 Å². The van der Waals surface area contributed by atoms with Gasteiger partial charge in [-0.3, -0.25) is 4.90 Å². The molecule has 1 aromatic heterocycles. The Bertz CT molecular complexity index is 923. The smallest absolute Gasteiger partial charge is 0.341 e. The summed E-state index contributed by atoms with van der Waals surface area (Å²) in [6, 6.07) is 11.2. The van der Waals surface area contributed by atoms with Gasteiger partial charge >= 0.3 is 5.97 Å². The van der Waals surface area contributed by atoms with E-state index in [-0.39, 0.29) is 5.82 Å². The molecular formula is C23H27N3O3. The Balaban J connectivity index is 1.34. The molecule has 2 aliphatic heterocycles. The Morgan fingerprint density at radius 2 is 2.00 bits per heavy atom. The third-order valence-corrected chi connectivity index (χ3v) is 7.00. The summed E-state index contributed by atoms with van der Waals surface area (Å²) in [5, 5.41) is 0. The van der Waals surface area contributed by atoms with Crippen molar-refractivity contribution in [3.63, 3.8) is 0 Å². The molecule has 1 aliphatic carbocycles. The first-order valence-electron chi connectivity index (χ1n) is 10.4. The number of carbonyl (C=O) groups is 1. The summed E-state index contributed by atoms with van der Waals surface area (Å²) >= 11 is 0. The van der Waals surface area contributed by atoms with Crippen LogP contribution in [-0.2, 0) is 14.9 Å². The molecule has 3 aliphatic rings. The number of nitrogens with zero attached hydrogens (tertiary/aromatic N) is 2. The lowest BCUT2D eigenvalue weighted by Gasteiger charge is -2.33. The van der Waals surface area contributed by atoms with E-state index < -0.39 is 5.97 Å². The van der Waals surface area contributed by atoms with Crippen LogP contribution in [0.2, 0.25) is 0 Å². The minimum absolute atomic E-state index is 0.191. The van der Waals surface area contributed by atoms with E-state index in [0.717, 1.165) is 49.6 Å². The minimum atomic E-state index is -0.465. The number of nitrogen functional groups attached to an aromatic ring is 1. The molecule has 0 spiro atoms. The number of piperidine rings is 1. The van der Waals surface area contributed by atoms with Gasteiger partial charge in [-0.25, -0.2) is 9.78 Å². The molecule has 0 amide bonds. The van der Waals surface area contributed by atoms with Gasteiger partial charge in [-0.05, 0) is 42.4 Å². The zero-order valence-electron chi connectivity index (χ0n) is 16.8. The first kappa shape index (κ1) is 18.6.